The second-order valence-corrected chi connectivity index (χ2v) is 4.53. The summed E-state index contributed by atoms with van der Waals surface area (Å²) in [5.41, 5.74) is 0.152. The summed E-state index contributed by atoms with van der Waals surface area (Å²) in [5.74, 6) is -1.59. The molecule has 4 nitrogen and oxygen atoms in total. The Kier molecular flexibility index (Phi) is 4.93. The van der Waals surface area contributed by atoms with Gasteiger partial charge in [-0.1, -0.05) is 12.1 Å². The van der Waals surface area contributed by atoms with Gasteiger partial charge in [0.2, 0.25) is 0 Å². The number of ether oxygens (including phenoxy) is 2. The van der Waals surface area contributed by atoms with Gasteiger partial charge in [0.15, 0.2) is 29.2 Å². The summed E-state index contributed by atoms with van der Waals surface area (Å²) in [7, 11) is 1.49. The molecular formula is C16H15F2NO3. The number of para-hydroxylation sites is 2. The van der Waals surface area contributed by atoms with E-state index in [1.54, 1.807) is 31.2 Å². The Labute approximate surface area is 126 Å². The first-order valence-corrected chi connectivity index (χ1v) is 6.57. The number of halogens is 2. The zero-order valence-electron chi connectivity index (χ0n) is 12.1. The fourth-order valence-corrected chi connectivity index (χ4v) is 1.78. The Bertz CT molecular complexity index is 676. The molecule has 0 aliphatic rings. The Morgan fingerprint density at radius 1 is 1.09 bits per heavy atom. The maximum Gasteiger partial charge on any atom is 0.265 e. The van der Waals surface area contributed by atoms with E-state index in [1.165, 1.54) is 13.2 Å². The number of carbonyl (C=O) groups is 1. The lowest BCUT2D eigenvalue weighted by atomic mass is 10.2. The number of methoxy groups -OCH3 is 1. The molecule has 0 saturated heterocycles. The molecule has 1 atom stereocenters. The van der Waals surface area contributed by atoms with E-state index in [0.717, 1.165) is 12.1 Å². The smallest absolute Gasteiger partial charge is 0.265 e. The van der Waals surface area contributed by atoms with Gasteiger partial charge in [0.25, 0.3) is 5.91 Å². The van der Waals surface area contributed by atoms with Gasteiger partial charge in [-0.05, 0) is 31.2 Å². The van der Waals surface area contributed by atoms with Crippen molar-refractivity contribution in [3.8, 4) is 11.5 Å². The molecular weight excluding hydrogens is 292 g/mol. The molecule has 2 aromatic rings. The predicted octanol–water partition coefficient (Wildman–Crippen LogP) is 3.38. The highest BCUT2D eigenvalue weighted by Gasteiger charge is 2.17. The second-order valence-electron chi connectivity index (χ2n) is 4.53. The van der Waals surface area contributed by atoms with Crippen LogP contribution in [0.25, 0.3) is 0 Å². The van der Waals surface area contributed by atoms with Crippen LogP contribution in [-0.4, -0.2) is 19.1 Å². The number of amides is 1. The van der Waals surface area contributed by atoms with Crippen LogP contribution in [0.15, 0.2) is 42.5 Å². The summed E-state index contributed by atoms with van der Waals surface area (Å²) in [4.78, 5) is 12.0. The van der Waals surface area contributed by atoms with Gasteiger partial charge >= 0.3 is 0 Å². The molecule has 1 amide bonds. The van der Waals surface area contributed by atoms with Gasteiger partial charge in [0.05, 0.1) is 7.11 Å². The lowest BCUT2D eigenvalue weighted by Crippen LogP contribution is -2.30. The zero-order valence-corrected chi connectivity index (χ0v) is 12.1. The largest absolute Gasteiger partial charge is 0.493 e. The van der Waals surface area contributed by atoms with Gasteiger partial charge in [0.1, 0.15) is 0 Å². The van der Waals surface area contributed by atoms with Gasteiger partial charge in [-0.2, -0.15) is 0 Å². The third-order valence-corrected chi connectivity index (χ3v) is 2.93. The van der Waals surface area contributed by atoms with Gasteiger partial charge < -0.3 is 14.8 Å². The topological polar surface area (TPSA) is 47.6 Å². The molecule has 0 heterocycles. The van der Waals surface area contributed by atoms with Crippen molar-refractivity contribution in [2.45, 2.75) is 13.0 Å². The Balaban J connectivity index is 2.04. The van der Waals surface area contributed by atoms with Crippen LogP contribution in [0.3, 0.4) is 0 Å². The second kappa shape index (κ2) is 6.89. The first kappa shape index (κ1) is 15.8. The highest BCUT2D eigenvalue weighted by atomic mass is 19.2. The van der Waals surface area contributed by atoms with E-state index in [-0.39, 0.29) is 5.69 Å². The van der Waals surface area contributed by atoms with Crippen molar-refractivity contribution in [1.82, 2.24) is 0 Å². The normalized spacial score (nSPS) is 11.6. The molecule has 2 aromatic carbocycles. The molecule has 116 valence electrons. The lowest BCUT2D eigenvalue weighted by Gasteiger charge is -2.16. The highest BCUT2D eigenvalue weighted by molar-refractivity contribution is 5.94. The summed E-state index contributed by atoms with van der Waals surface area (Å²) >= 11 is 0. The van der Waals surface area contributed by atoms with Crippen LogP contribution in [0, 0.1) is 11.6 Å². The maximum atomic E-state index is 13.1. The summed E-state index contributed by atoms with van der Waals surface area (Å²) in [5, 5.41) is 2.46. The maximum absolute atomic E-state index is 13.1. The summed E-state index contributed by atoms with van der Waals surface area (Å²) < 4.78 is 36.6. The van der Waals surface area contributed by atoms with Crippen LogP contribution in [0.1, 0.15) is 6.92 Å². The van der Waals surface area contributed by atoms with Gasteiger partial charge in [0, 0.05) is 11.8 Å². The molecule has 0 aromatic heterocycles. The van der Waals surface area contributed by atoms with Crippen LogP contribution in [0.2, 0.25) is 0 Å². The molecule has 0 aliphatic carbocycles. The van der Waals surface area contributed by atoms with E-state index in [1.807, 2.05) is 0 Å². The first-order chi connectivity index (χ1) is 10.5. The minimum Gasteiger partial charge on any atom is -0.493 e. The minimum atomic E-state index is -1.03. The number of nitrogens with one attached hydrogen (secondary N) is 1. The molecule has 0 saturated carbocycles. The number of hydrogen-bond acceptors (Lipinski definition) is 3. The molecule has 0 bridgehead atoms. The van der Waals surface area contributed by atoms with Crippen molar-refractivity contribution in [2.75, 3.05) is 12.4 Å². The van der Waals surface area contributed by atoms with Gasteiger partial charge in [-0.15, -0.1) is 0 Å². The molecule has 0 spiro atoms. The van der Waals surface area contributed by atoms with Crippen LogP contribution in [0.4, 0.5) is 14.5 Å². The zero-order chi connectivity index (χ0) is 16.1. The average Bonchev–Trinajstić information content (AvgIpc) is 2.51. The monoisotopic (exact) mass is 307 g/mol. The van der Waals surface area contributed by atoms with Gasteiger partial charge in [-0.25, -0.2) is 8.78 Å². The number of carbonyl (C=O) groups excluding carboxylic acids is 1. The van der Waals surface area contributed by atoms with Crippen molar-refractivity contribution in [3.05, 3.63) is 54.1 Å². The Hall–Kier alpha value is -2.63. The molecule has 1 N–H and O–H groups in total. The van der Waals surface area contributed by atoms with E-state index in [0.29, 0.717) is 11.5 Å². The summed E-state index contributed by atoms with van der Waals surface area (Å²) in [6, 6.07) is 10.0. The van der Waals surface area contributed by atoms with Crippen molar-refractivity contribution in [1.29, 1.82) is 0 Å². The third kappa shape index (κ3) is 3.72. The number of rotatable bonds is 5. The Morgan fingerprint density at radius 2 is 1.77 bits per heavy atom. The molecule has 0 aliphatic heterocycles. The first-order valence-electron chi connectivity index (χ1n) is 6.57. The highest BCUT2D eigenvalue weighted by Crippen LogP contribution is 2.27. The minimum absolute atomic E-state index is 0.152. The van der Waals surface area contributed by atoms with E-state index < -0.39 is 23.6 Å². The molecule has 0 radical (unpaired) electrons. The number of benzene rings is 2. The standard InChI is InChI=1S/C16H15F2NO3/c1-10(22-15-6-4-3-5-14(15)21-2)16(20)19-11-7-8-12(17)13(18)9-11/h3-10H,1-2H3,(H,19,20). The average molecular weight is 307 g/mol. The quantitative estimate of drug-likeness (QED) is 0.921. The molecule has 2 rings (SSSR count). The van der Waals surface area contributed by atoms with E-state index in [4.69, 9.17) is 9.47 Å². The third-order valence-electron chi connectivity index (χ3n) is 2.93. The van der Waals surface area contributed by atoms with Crippen LogP contribution in [0.5, 0.6) is 11.5 Å². The number of anilines is 1. The van der Waals surface area contributed by atoms with E-state index in [9.17, 15) is 13.6 Å². The lowest BCUT2D eigenvalue weighted by molar-refractivity contribution is -0.122. The Morgan fingerprint density at radius 3 is 2.41 bits per heavy atom. The fourth-order valence-electron chi connectivity index (χ4n) is 1.78. The fraction of sp³-hybridized carbons (Fsp3) is 0.188. The van der Waals surface area contributed by atoms with E-state index >= 15 is 0 Å². The van der Waals surface area contributed by atoms with Crippen LogP contribution < -0.4 is 14.8 Å². The van der Waals surface area contributed by atoms with Crippen molar-refractivity contribution >= 4 is 11.6 Å². The summed E-state index contributed by atoms with van der Waals surface area (Å²) in [6.45, 7) is 1.54. The molecule has 6 heteroatoms. The van der Waals surface area contributed by atoms with Gasteiger partial charge in [-0.3, -0.25) is 4.79 Å². The van der Waals surface area contributed by atoms with Crippen molar-refractivity contribution in [2.24, 2.45) is 0 Å². The van der Waals surface area contributed by atoms with Crippen molar-refractivity contribution < 1.29 is 23.0 Å². The molecule has 1 unspecified atom stereocenters. The predicted molar refractivity (Wildman–Crippen MR) is 78.1 cm³/mol. The van der Waals surface area contributed by atoms with Crippen LogP contribution >= 0.6 is 0 Å². The number of hydrogen-bond donors (Lipinski definition) is 1. The summed E-state index contributed by atoms with van der Waals surface area (Å²) in [6.07, 6.45) is -0.843. The van der Waals surface area contributed by atoms with E-state index in [2.05, 4.69) is 5.32 Å². The molecule has 22 heavy (non-hydrogen) atoms. The SMILES string of the molecule is COc1ccccc1OC(C)C(=O)Nc1ccc(F)c(F)c1. The van der Waals surface area contributed by atoms with Crippen molar-refractivity contribution in [3.63, 3.8) is 0 Å². The van der Waals surface area contributed by atoms with Crippen LogP contribution in [-0.2, 0) is 4.79 Å². The molecule has 0 fully saturated rings.